The zero-order valence-corrected chi connectivity index (χ0v) is 20.7. The molecule has 0 bridgehead atoms. The summed E-state index contributed by atoms with van der Waals surface area (Å²) in [5, 5.41) is 14.7. The van der Waals surface area contributed by atoms with E-state index in [0.717, 1.165) is 85.3 Å². The summed E-state index contributed by atoms with van der Waals surface area (Å²) < 4.78 is 8.15. The van der Waals surface area contributed by atoms with E-state index in [1.807, 2.05) is 48.8 Å². The van der Waals surface area contributed by atoms with E-state index in [2.05, 4.69) is 38.9 Å². The van der Waals surface area contributed by atoms with Crippen LogP contribution in [0.5, 0.6) is 5.75 Å². The van der Waals surface area contributed by atoms with Crippen molar-refractivity contribution in [2.45, 2.75) is 51.1 Å². The van der Waals surface area contributed by atoms with E-state index in [1.54, 1.807) is 0 Å². The molecule has 1 unspecified atom stereocenters. The standard InChI is InChI=1S/C28H34N6O2/c1-2-3-6-15-36-26-8-5-4-7-23(26)32-28-27-20(9-14-30-25(27)19-35)16-24(33-28)21-17-31-34(18-21)22-10-12-29-13-11-22/h4-5,7-9,14,16-19,22,25,29-30H,2-3,6,10-13,15H2,1H3,(H,32,33). The van der Waals surface area contributed by atoms with Gasteiger partial charge in [0.25, 0.3) is 0 Å². The molecular formula is C28H34N6O2. The predicted molar refractivity (Wildman–Crippen MR) is 142 cm³/mol. The van der Waals surface area contributed by atoms with E-state index in [4.69, 9.17) is 9.72 Å². The minimum atomic E-state index is -0.482. The number of ether oxygens (including phenoxy) is 1. The third-order valence-corrected chi connectivity index (χ3v) is 6.80. The van der Waals surface area contributed by atoms with Gasteiger partial charge in [-0.2, -0.15) is 5.10 Å². The minimum Gasteiger partial charge on any atom is -0.491 e. The molecule has 1 atom stereocenters. The van der Waals surface area contributed by atoms with E-state index >= 15 is 0 Å². The highest BCUT2D eigenvalue weighted by Gasteiger charge is 2.24. The Morgan fingerprint density at radius 2 is 2.08 bits per heavy atom. The summed E-state index contributed by atoms with van der Waals surface area (Å²) in [7, 11) is 0. The molecule has 0 radical (unpaired) electrons. The van der Waals surface area contributed by atoms with Crippen molar-refractivity contribution in [3.8, 4) is 17.0 Å². The number of unbranched alkanes of at least 4 members (excludes halogenated alkanes) is 2. The van der Waals surface area contributed by atoms with Crippen LogP contribution in [-0.4, -0.2) is 40.7 Å². The van der Waals surface area contributed by atoms with Crippen molar-refractivity contribution in [2.24, 2.45) is 0 Å². The van der Waals surface area contributed by atoms with Gasteiger partial charge in [0, 0.05) is 17.3 Å². The van der Waals surface area contributed by atoms with Gasteiger partial charge in [-0.05, 0) is 68.4 Å². The largest absolute Gasteiger partial charge is 0.491 e. The van der Waals surface area contributed by atoms with Crippen LogP contribution in [0.2, 0.25) is 0 Å². The fourth-order valence-corrected chi connectivity index (χ4v) is 4.81. The third-order valence-electron chi connectivity index (χ3n) is 6.80. The second-order valence-electron chi connectivity index (χ2n) is 9.34. The average Bonchev–Trinajstić information content (AvgIpc) is 3.42. The number of carbonyl (C=O) groups is 1. The highest BCUT2D eigenvalue weighted by molar-refractivity contribution is 5.80. The lowest BCUT2D eigenvalue weighted by molar-refractivity contribution is -0.109. The molecule has 1 aromatic carbocycles. The van der Waals surface area contributed by atoms with Crippen molar-refractivity contribution in [2.75, 3.05) is 25.0 Å². The Bertz CT molecular complexity index is 1210. The Kier molecular flexibility index (Phi) is 7.61. The van der Waals surface area contributed by atoms with Crippen LogP contribution in [0.25, 0.3) is 17.3 Å². The Hall–Kier alpha value is -3.65. The number of nitrogens with zero attached hydrogens (tertiary/aromatic N) is 3. The molecule has 2 aliphatic heterocycles. The van der Waals surface area contributed by atoms with Crippen LogP contribution in [0.4, 0.5) is 11.5 Å². The Labute approximate surface area is 212 Å². The zero-order chi connectivity index (χ0) is 24.7. The molecule has 1 saturated heterocycles. The molecule has 5 rings (SSSR count). The van der Waals surface area contributed by atoms with Gasteiger partial charge in [-0.25, -0.2) is 4.98 Å². The molecule has 0 amide bonds. The number of para-hydroxylation sites is 2. The van der Waals surface area contributed by atoms with Crippen LogP contribution in [-0.2, 0) is 4.79 Å². The monoisotopic (exact) mass is 486 g/mol. The first-order chi connectivity index (χ1) is 17.8. The molecule has 188 valence electrons. The van der Waals surface area contributed by atoms with Crippen LogP contribution < -0.4 is 20.7 Å². The Balaban J connectivity index is 1.48. The fourth-order valence-electron chi connectivity index (χ4n) is 4.81. The van der Waals surface area contributed by atoms with Gasteiger partial charge in [-0.3, -0.25) is 4.68 Å². The Morgan fingerprint density at radius 3 is 2.92 bits per heavy atom. The highest BCUT2D eigenvalue weighted by atomic mass is 16.5. The first-order valence-electron chi connectivity index (χ1n) is 12.9. The lowest BCUT2D eigenvalue weighted by Crippen LogP contribution is -2.29. The summed E-state index contributed by atoms with van der Waals surface area (Å²) in [5.74, 6) is 1.41. The summed E-state index contributed by atoms with van der Waals surface area (Å²) in [6, 6.07) is 9.82. The lowest BCUT2D eigenvalue weighted by Gasteiger charge is -2.24. The van der Waals surface area contributed by atoms with Gasteiger partial charge in [-0.15, -0.1) is 0 Å². The number of hydrogen-bond donors (Lipinski definition) is 3. The van der Waals surface area contributed by atoms with Crippen LogP contribution in [0.1, 0.15) is 62.2 Å². The summed E-state index contributed by atoms with van der Waals surface area (Å²) in [4.78, 5) is 16.9. The number of pyridine rings is 1. The fraction of sp³-hybridized carbons (Fsp3) is 0.393. The van der Waals surface area contributed by atoms with Crippen molar-refractivity contribution in [3.63, 3.8) is 0 Å². The van der Waals surface area contributed by atoms with Crippen molar-refractivity contribution < 1.29 is 9.53 Å². The van der Waals surface area contributed by atoms with Gasteiger partial charge < -0.3 is 25.5 Å². The molecule has 3 N–H and O–H groups in total. The minimum absolute atomic E-state index is 0.399. The summed E-state index contributed by atoms with van der Waals surface area (Å²) in [5.41, 5.74) is 4.37. The van der Waals surface area contributed by atoms with E-state index in [-0.39, 0.29) is 0 Å². The topological polar surface area (TPSA) is 93.1 Å². The van der Waals surface area contributed by atoms with Crippen LogP contribution >= 0.6 is 0 Å². The second-order valence-corrected chi connectivity index (χ2v) is 9.34. The van der Waals surface area contributed by atoms with Gasteiger partial charge in [0.2, 0.25) is 0 Å². The maximum absolute atomic E-state index is 11.9. The van der Waals surface area contributed by atoms with Gasteiger partial charge in [0.1, 0.15) is 23.9 Å². The molecule has 0 saturated carbocycles. The normalized spacial score (nSPS) is 17.3. The summed E-state index contributed by atoms with van der Waals surface area (Å²) >= 11 is 0. The number of hydrogen-bond acceptors (Lipinski definition) is 7. The molecule has 3 aromatic rings. The molecule has 2 aromatic heterocycles. The predicted octanol–water partition coefficient (Wildman–Crippen LogP) is 5.00. The maximum Gasteiger partial charge on any atom is 0.146 e. The van der Waals surface area contributed by atoms with Gasteiger partial charge in [-0.1, -0.05) is 31.9 Å². The molecule has 8 nitrogen and oxygen atoms in total. The third kappa shape index (κ3) is 5.28. The molecule has 2 aliphatic rings. The number of benzene rings is 1. The molecule has 1 fully saturated rings. The average molecular weight is 487 g/mol. The van der Waals surface area contributed by atoms with E-state index in [9.17, 15) is 4.79 Å². The van der Waals surface area contributed by atoms with E-state index in [1.165, 1.54) is 0 Å². The number of fused-ring (bicyclic) bond motifs is 1. The quantitative estimate of drug-likeness (QED) is 0.274. The van der Waals surface area contributed by atoms with Crippen molar-refractivity contribution >= 4 is 23.9 Å². The number of nitrogens with one attached hydrogen (secondary N) is 3. The highest BCUT2D eigenvalue weighted by Crippen LogP contribution is 2.36. The first-order valence-corrected chi connectivity index (χ1v) is 12.9. The number of anilines is 2. The van der Waals surface area contributed by atoms with Gasteiger partial charge in [0.15, 0.2) is 0 Å². The van der Waals surface area contributed by atoms with E-state index < -0.39 is 6.04 Å². The van der Waals surface area contributed by atoms with Crippen molar-refractivity contribution in [1.29, 1.82) is 0 Å². The van der Waals surface area contributed by atoms with Crippen LogP contribution in [0, 0.1) is 0 Å². The van der Waals surface area contributed by atoms with E-state index in [0.29, 0.717) is 18.5 Å². The Morgan fingerprint density at radius 1 is 1.22 bits per heavy atom. The van der Waals surface area contributed by atoms with Crippen LogP contribution in [0.3, 0.4) is 0 Å². The second kappa shape index (κ2) is 11.4. The molecule has 0 aliphatic carbocycles. The zero-order valence-electron chi connectivity index (χ0n) is 20.7. The van der Waals surface area contributed by atoms with Crippen molar-refractivity contribution in [1.82, 2.24) is 25.4 Å². The maximum atomic E-state index is 11.9. The number of piperidine rings is 1. The van der Waals surface area contributed by atoms with Gasteiger partial charge >= 0.3 is 0 Å². The summed E-state index contributed by atoms with van der Waals surface area (Å²) in [6.45, 7) is 4.86. The molecular weight excluding hydrogens is 452 g/mol. The molecule has 4 heterocycles. The number of aldehydes is 1. The number of rotatable bonds is 10. The smallest absolute Gasteiger partial charge is 0.146 e. The van der Waals surface area contributed by atoms with Crippen molar-refractivity contribution in [3.05, 3.63) is 60.1 Å². The molecule has 8 heteroatoms. The first kappa shape index (κ1) is 24.1. The molecule has 36 heavy (non-hydrogen) atoms. The number of aromatic nitrogens is 3. The lowest BCUT2D eigenvalue weighted by atomic mass is 9.97. The van der Waals surface area contributed by atoms with Crippen LogP contribution in [0.15, 0.2) is 48.9 Å². The number of carbonyl (C=O) groups excluding carboxylic acids is 1. The molecule has 0 spiro atoms. The van der Waals surface area contributed by atoms with Gasteiger partial charge in [0.05, 0.1) is 30.2 Å². The summed E-state index contributed by atoms with van der Waals surface area (Å²) in [6.07, 6.45) is 14.1. The SMILES string of the molecule is CCCCCOc1ccccc1Nc1nc(-c2cnn(C3CCNCC3)c2)cc2c1C(C=O)NC=C2.